The van der Waals surface area contributed by atoms with Crippen molar-refractivity contribution >= 4 is 23.8 Å². The summed E-state index contributed by atoms with van der Waals surface area (Å²) in [6.07, 6.45) is 1.69. The Hall–Kier alpha value is -0.235. The van der Waals surface area contributed by atoms with E-state index in [1.54, 1.807) is 0 Å². The van der Waals surface area contributed by atoms with Crippen molar-refractivity contribution in [2.24, 2.45) is 0 Å². The van der Waals surface area contributed by atoms with Gasteiger partial charge in [0.05, 0.1) is 7.85 Å². The van der Waals surface area contributed by atoms with Crippen molar-refractivity contribution in [3.8, 4) is 0 Å². The summed E-state index contributed by atoms with van der Waals surface area (Å²) in [6.45, 7) is 0. The molecule has 1 rings (SSSR count). The minimum atomic E-state index is 0.724. The minimum absolute atomic E-state index is 0.724. The fourth-order valence-electron chi connectivity index (χ4n) is 0.818. The van der Waals surface area contributed by atoms with Gasteiger partial charge in [-0.05, 0) is 24.1 Å². The number of halogens is 1. The molecule has 0 amide bonds. The maximum absolute atomic E-state index is 5.39. The van der Waals surface area contributed by atoms with Crippen LogP contribution in [0.5, 0.6) is 0 Å². The second-order valence-electron chi connectivity index (χ2n) is 2.17. The largest absolute Gasteiger partial charge is 0.0847 e. The van der Waals surface area contributed by atoms with Crippen LogP contribution in [0.2, 0.25) is 6.32 Å². The smallest absolute Gasteiger partial charge is 0.0657 e. The van der Waals surface area contributed by atoms with Crippen LogP contribution in [0.15, 0.2) is 28.7 Å². The minimum Gasteiger partial charge on any atom is -0.0847 e. The molecule has 0 bridgehead atoms. The first kappa shape index (κ1) is 7.87. The molecule has 0 aliphatic carbocycles. The third kappa shape index (κ3) is 2.18. The van der Waals surface area contributed by atoms with Gasteiger partial charge in [-0.25, -0.2) is 0 Å². The predicted molar refractivity (Wildman–Crippen MR) is 48.4 cm³/mol. The average molecular weight is 195 g/mol. The van der Waals surface area contributed by atoms with E-state index in [-0.39, 0.29) is 0 Å². The molecular weight excluding hydrogens is 187 g/mol. The van der Waals surface area contributed by atoms with Crippen molar-refractivity contribution in [3.63, 3.8) is 0 Å². The van der Waals surface area contributed by atoms with E-state index in [1.165, 1.54) is 5.56 Å². The SMILES string of the molecule is [B]CCc1ccc(Br)cc1. The van der Waals surface area contributed by atoms with Crippen LogP contribution in [-0.2, 0) is 6.42 Å². The summed E-state index contributed by atoms with van der Waals surface area (Å²) >= 11 is 3.37. The Labute approximate surface area is 71.2 Å². The summed E-state index contributed by atoms with van der Waals surface area (Å²) in [5, 5.41) is 0. The fourth-order valence-corrected chi connectivity index (χ4v) is 1.08. The lowest BCUT2D eigenvalue weighted by Gasteiger charge is -1.96. The van der Waals surface area contributed by atoms with E-state index in [0.29, 0.717) is 0 Å². The molecule has 0 spiro atoms. The summed E-state index contributed by atoms with van der Waals surface area (Å²) in [4.78, 5) is 0. The Morgan fingerprint density at radius 2 is 1.80 bits per heavy atom. The molecule has 0 heterocycles. The van der Waals surface area contributed by atoms with E-state index in [2.05, 4.69) is 28.1 Å². The molecule has 50 valence electrons. The van der Waals surface area contributed by atoms with Crippen LogP contribution in [0, 0.1) is 0 Å². The summed E-state index contributed by atoms with van der Waals surface area (Å²) in [5.41, 5.74) is 1.30. The van der Waals surface area contributed by atoms with Gasteiger partial charge in [0.1, 0.15) is 0 Å². The van der Waals surface area contributed by atoms with Crippen molar-refractivity contribution in [1.82, 2.24) is 0 Å². The van der Waals surface area contributed by atoms with Crippen LogP contribution in [0.3, 0.4) is 0 Å². The lowest BCUT2D eigenvalue weighted by Crippen LogP contribution is -1.81. The number of hydrogen-bond acceptors (Lipinski definition) is 0. The molecule has 1 aromatic rings. The molecule has 0 atom stereocenters. The van der Waals surface area contributed by atoms with Gasteiger partial charge < -0.3 is 0 Å². The first-order valence-corrected chi connectivity index (χ1v) is 4.07. The average Bonchev–Trinajstić information content (AvgIpc) is 1.95. The standard InChI is InChI=1S/C8H8BBr/c9-6-5-7-1-3-8(10)4-2-7/h1-4H,5-6H2. The molecule has 0 saturated carbocycles. The van der Waals surface area contributed by atoms with Crippen molar-refractivity contribution in [2.45, 2.75) is 12.7 Å². The Balaban J connectivity index is 2.69. The first-order chi connectivity index (χ1) is 4.83. The summed E-state index contributed by atoms with van der Waals surface area (Å²) in [6, 6.07) is 8.23. The highest BCUT2D eigenvalue weighted by Gasteiger charge is 1.88. The van der Waals surface area contributed by atoms with E-state index in [0.717, 1.165) is 17.2 Å². The first-order valence-electron chi connectivity index (χ1n) is 3.27. The van der Waals surface area contributed by atoms with Crippen LogP contribution in [0.25, 0.3) is 0 Å². The van der Waals surface area contributed by atoms with Crippen LogP contribution < -0.4 is 0 Å². The van der Waals surface area contributed by atoms with E-state index in [1.807, 2.05) is 12.1 Å². The van der Waals surface area contributed by atoms with E-state index in [4.69, 9.17) is 7.85 Å². The van der Waals surface area contributed by atoms with Gasteiger partial charge in [0, 0.05) is 4.47 Å². The zero-order valence-corrected chi connectivity index (χ0v) is 7.26. The van der Waals surface area contributed by atoms with Crippen molar-refractivity contribution < 1.29 is 0 Å². The molecule has 2 heteroatoms. The van der Waals surface area contributed by atoms with Gasteiger partial charge in [0.2, 0.25) is 0 Å². The summed E-state index contributed by atoms with van der Waals surface area (Å²) < 4.78 is 1.12. The van der Waals surface area contributed by atoms with Gasteiger partial charge in [-0.2, -0.15) is 0 Å². The molecule has 1 aromatic carbocycles. The highest BCUT2D eigenvalue weighted by atomic mass is 79.9. The van der Waals surface area contributed by atoms with Gasteiger partial charge in [0.25, 0.3) is 0 Å². The fraction of sp³-hybridized carbons (Fsp3) is 0.250. The molecule has 0 aromatic heterocycles. The highest BCUT2D eigenvalue weighted by Crippen LogP contribution is 2.11. The Morgan fingerprint density at radius 3 is 2.30 bits per heavy atom. The Morgan fingerprint density at radius 1 is 1.20 bits per heavy atom. The van der Waals surface area contributed by atoms with E-state index in [9.17, 15) is 0 Å². The van der Waals surface area contributed by atoms with Crippen molar-refractivity contribution in [3.05, 3.63) is 34.3 Å². The normalized spacial score (nSPS) is 9.70. The number of hydrogen-bond donors (Lipinski definition) is 0. The second kappa shape index (κ2) is 3.82. The molecule has 0 aliphatic heterocycles. The predicted octanol–water partition coefficient (Wildman–Crippen LogP) is 2.58. The van der Waals surface area contributed by atoms with Gasteiger partial charge in [0.15, 0.2) is 0 Å². The van der Waals surface area contributed by atoms with Crippen LogP contribution in [0.1, 0.15) is 5.56 Å². The molecule has 0 nitrogen and oxygen atoms in total. The maximum Gasteiger partial charge on any atom is 0.0657 e. The topological polar surface area (TPSA) is 0 Å². The van der Waals surface area contributed by atoms with Gasteiger partial charge in [-0.3, -0.25) is 0 Å². The number of aryl methyl sites for hydroxylation is 1. The van der Waals surface area contributed by atoms with Crippen molar-refractivity contribution in [1.29, 1.82) is 0 Å². The third-order valence-corrected chi connectivity index (χ3v) is 1.87. The van der Waals surface area contributed by atoms with Crippen molar-refractivity contribution in [2.75, 3.05) is 0 Å². The molecule has 0 unspecified atom stereocenters. The quantitative estimate of drug-likeness (QED) is 0.636. The molecule has 0 N–H and O–H groups in total. The van der Waals surface area contributed by atoms with Gasteiger partial charge in [-0.1, -0.05) is 34.4 Å². The van der Waals surface area contributed by atoms with Crippen LogP contribution in [-0.4, -0.2) is 7.85 Å². The van der Waals surface area contributed by atoms with Crippen LogP contribution in [0.4, 0.5) is 0 Å². The second-order valence-corrected chi connectivity index (χ2v) is 3.08. The lowest BCUT2D eigenvalue weighted by molar-refractivity contribution is 1.13. The van der Waals surface area contributed by atoms with Gasteiger partial charge >= 0.3 is 0 Å². The Bertz CT molecular complexity index is 193. The maximum atomic E-state index is 5.39. The van der Waals surface area contributed by atoms with Gasteiger partial charge in [-0.15, -0.1) is 0 Å². The summed E-state index contributed by atoms with van der Waals surface area (Å²) in [7, 11) is 5.39. The molecule has 0 saturated heterocycles. The molecular formula is C8H8BBr. The zero-order chi connectivity index (χ0) is 7.40. The lowest BCUT2D eigenvalue weighted by atomic mass is 9.98. The van der Waals surface area contributed by atoms with E-state index < -0.39 is 0 Å². The molecule has 2 radical (unpaired) electrons. The van der Waals surface area contributed by atoms with Crippen LogP contribution >= 0.6 is 15.9 Å². The van der Waals surface area contributed by atoms with E-state index >= 15 is 0 Å². The Kier molecular flexibility index (Phi) is 3.00. The number of benzene rings is 1. The summed E-state index contributed by atoms with van der Waals surface area (Å²) in [5.74, 6) is 0. The monoisotopic (exact) mass is 194 g/mol. The zero-order valence-electron chi connectivity index (χ0n) is 5.68. The number of rotatable bonds is 2. The molecule has 0 fully saturated rings. The molecule has 10 heavy (non-hydrogen) atoms. The highest BCUT2D eigenvalue weighted by molar-refractivity contribution is 9.10. The third-order valence-electron chi connectivity index (χ3n) is 1.35. The molecule has 0 aliphatic rings.